The molecule has 2 aromatic rings. The molecule has 2 aromatic heterocycles. The number of pyridine rings is 1. The second-order valence-electron chi connectivity index (χ2n) is 5.64. The van der Waals surface area contributed by atoms with Crippen molar-refractivity contribution < 1.29 is 5.11 Å². The van der Waals surface area contributed by atoms with E-state index in [1.165, 1.54) is 0 Å². The molecule has 122 valence electrons. The quantitative estimate of drug-likeness (QED) is 0.577. The van der Waals surface area contributed by atoms with Crippen molar-refractivity contribution in [2.75, 3.05) is 17.7 Å². The number of nitrogens with two attached hydrogens (primary N) is 1. The second-order valence-corrected chi connectivity index (χ2v) is 6.36. The Bertz CT molecular complexity index is 712. The lowest BCUT2D eigenvalue weighted by atomic mass is 10.1. The molecule has 0 spiro atoms. The molecule has 2 heterocycles. The molecule has 2 atom stereocenters. The predicted octanol–water partition coefficient (Wildman–Crippen LogP) is 3.00. The van der Waals surface area contributed by atoms with E-state index in [-0.39, 0.29) is 23.8 Å². The number of halogens is 2. The average Bonchev–Trinajstić information content (AvgIpc) is 2.96. The van der Waals surface area contributed by atoms with Crippen LogP contribution in [0.5, 0.6) is 0 Å². The zero-order valence-corrected chi connectivity index (χ0v) is 13.8. The number of rotatable bonds is 4. The molecule has 1 aliphatic carbocycles. The standard InChI is InChI=1S/C15H17Cl2N5O/c16-12-10(2-1-5-19-12)11-13(17)21-15(18)22-14(11)20-9-4-3-8(6-9)7-23/h1-2,5,8-9,23H,3-4,6-7H2,(H3,18,20,21,22)/t8-,9+/m1/s1. The number of hydrogen-bond donors (Lipinski definition) is 3. The Kier molecular flexibility index (Phi) is 4.84. The lowest BCUT2D eigenvalue weighted by Gasteiger charge is -2.18. The summed E-state index contributed by atoms with van der Waals surface area (Å²) in [7, 11) is 0. The first-order valence-electron chi connectivity index (χ1n) is 7.39. The van der Waals surface area contributed by atoms with Gasteiger partial charge in [-0.05, 0) is 37.3 Å². The van der Waals surface area contributed by atoms with Gasteiger partial charge in [0.2, 0.25) is 5.95 Å². The molecule has 1 aliphatic rings. The van der Waals surface area contributed by atoms with Gasteiger partial charge in [-0.25, -0.2) is 9.97 Å². The van der Waals surface area contributed by atoms with Crippen LogP contribution in [0.3, 0.4) is 0 Å². The number of aromatic nitrogens is 3. The van der Waals surface area contributed by atoms with Crippen molar-refractivity contribution in [1.82, 2.24) is 15.0 Å². The third-order valence-corrected chi connectivity index (χ3v) is 4.63. The van der Waals surface area contributed by atoms with Crippen LogP contribution in [-0.4, -0.2) is 32.7 Å². The number of nitrogen functional groups attached to an aromatic ring is 1. The maximum absolute atomic E-state index is 9.29. The summed E-state index contributed by atoms with van der Waals surface area (Å²) in [5.41, 5.74) is 6.98. The summed E-state index contributed by atoms with van der Waals surface area (Å²) in [4.78, 5) is 12.4. The van der Waals surface area contributed by atoms with Gasteiger partial charge in [-0.2, -0.15) is 4.98 Å². The van der Waals surface area contributed by atoms with Crippen molar-refractivity contribution in [2.45, 2.75) is 25.3 Å². The molecule has 0 unspecified atom stereocenters. The summed E-state index contributed by atoms with van der Waals surface area (Å²) in [6.07, 6.45) is 4.41. The summed E-state index contributed by atoms with van der Waals surface area (Å²) >= 11 is 12.5. The van der Waals surface area contributed by atoms with Gasteiger partial charge in [0.05, 0.1) is 5.56 Å². The van der Waals surface area contributed by atoms with Gasteiger partial charge >= 0.3 is 0 Å². The lowest BCUT2D eigenvalue weighted by molar-refractivity contribution is 0.229. The maximum Gasteiger partial charge on any atom is 0.223 e. The van der Waals surface area contributed by atoms with E-state index >= 15 is 0 Å². The van der Waals surface area contributed by atoms with Crippen LogP contribution >= 0.6 is 23.2 Å². The van der Waals surface area contributed by atoms with Crippen LogP contribution in [0.1, 0.15) is 19.3 Å². The highest BCUT2D eigenvalue weighted by Crippen LogP contribution is 2.38. The summed E-state index contributed by atoms with van der Waals surface area (Å²) in [5, 5.41) is 13.2. The second kappa shape index (κ2) is 6.86. The van der Waals surface area contributed by atoms with Crippen molar-refractivity contribution >= 4 is 35.0 Å². The fourth-order valence-corrected chi connectivity index (χ4v) is 3.42. The van der Waals surface area contributed by atoms with E-state index in [9.17, 15) is 5.11 Å². The number of aliphatic hydroxyl groups excluding tert-OH is 1. The molecule has 8 heteroatoms. The molecule has 6 nitrogen and oxygen atoms in total. The van der Waals surface area contributed by atoms with Gasteiger partial charge in [-0.1, -0.05) is 23.2 Å². The number of nitrogens with one attached hydrogen (secondary N) is 1. The van der Waals surface area contributed by atoms with Crippen LogP contribution in [0.4, 0.5) is 11.8 Å². The molecule has 23 heavy (non-hydrogen) atoms. The minimum absolute atomic E-state index is 0.0953. The molecule has 0 aliphatic heterocycles. The molecular formula is C15H17Cl2N5O. The first kappa shape index (κ1) is 16.2. The topological polar surface area (TPSA) is 97.0 Å². The van der Waals surface area contributed by atoms with Gasteiger partial charge in [0.1, 0.15) is 16.1 Å². The van der Waals surface area contributed by atoms with Crippen LogP contribution in [0, 0.1) is 5.92 Å². The van der Waals surface area contributed by atoms with Gasteiger partial charge in [-0.3, -0.25) is 0 Å². The summed E-state index contributed by atoms with van der Waals surface area (Å²) in [6, 6.07) is 3.79. The van der Waals surface area contributed by atoms with Crippen LogP contribution in [0.15, 0.2) is 18.3 Å². The molecule has 0 saturated heterocycles. The highest BCUT2D eigenvalue weighted by atomic mass is 35.5. The van der Waals surface area contributed by atoms with E-state index < -0.39 is 0 Å². The van der Waals surface area contributed by atoms with Crippen LogP contribution in [0.2, 0.25) is 10.3 Å². The molecule has 0 radical (unpaired) electrons. The van der Waals surface area contributed by atoms with E-state index in [0.717, 1.165) is 19.3 Å². The first-order chi connectivity index (χ1) is 11.1. The van der Waals surface area contributed by atoms with Gasteiger partial charge in [-0.15, -0.1) is 0 Å². The third kappa shape index (κ3) is 3.49. The highest BCUT2D eigenvalue weighted by molar-refractivity contribution is 6.35. The number of anilines is 2. The minimum atomic E-state index is 0.0953. The zero-order chi connectivity index (χ0) is 16.4. The summed E-state index contributed by atoms with van der Waals surface area (Å²) in [5.74, 6) is 0.951. The van der Waals surface area contributed by atoms with Crippen molar-refractivity contribution in [2.24, 2.45) is 5.92 Å². The van der Waals surface area contributed by atoms with Crippen LogP contribution in [0.25, 0.3) is 11.1 Å². The van der Waals surface area contributed by atoms with Crippen LogP contribution in [-0.2, 0) is 0 Å². The monoisotopic (exact) mass is 353 g/mol. The van der Waals surface area contributed by atoms with Gasteiger partial charge in [0.15, 0.2) is 0 Å². The average molecular weight is 354 g/mol. The van der Waals surface area contributed by atoms with Crippen LogP contribution < -0.4 is 11.1 Å². The van der Waals surface area contributed by atoms with Gasteiger partial charge < -0.3 is 16.2 Å². The Balaban J connectivity index is 1.98. The molecule has 0 amide bonds. The van der Waals surface area contributed by atoms with E-state index in [0.29, 0.717) is 28.0 Å². The number of aliphatic hydroxyl groups is 1. The normalized spacial score (nSPS) is 20.7. The Labute approximate surface area is 144 Å². The largest absolute Gasteiger partial charge is 0.396 e. The fourth-order valence-electron chi connectivity index (χ4n) is 2.93. The fraction of sp³-hybridized carbons (Fsp3) is 0.400. The molecule has 0 bridgehead atoms. The molecule has 1 fully saturated rings. The zero-order valence-electron chi connectivity index (χ0n) is 12.3. The first-order valence-corrected chi connectivity index (χ1v) is 8.15. The van der Waals surface area contributed by atoms with Gasteiger partial charge in [0.25, 0.3) is 0 Å². The van der Waals surface area contributed by atoms with E-state index in [4.69, 9.17) is 28.9 Å². The molecule has 4 N–H and O–H groups in total. The molecule has 3 rings (SSSR count). The Morgan fingerprint density at radius 1 is 1.26 bits per heavy atom. The van der Waals surface area contributed by atoms with Crippen molar-refractivity contribution in [3.63, 3.8) is 0 Å². The predicted molar refractivity (Wildman–Crippen MR) is 91.5 cm³/mol. The van der Waals surface area contributed by atoms with E-state index in [2.05, 4.69) is 20.3 Å². The Hall–Kier alpha value is -1.63. The van der Waals surface area contributed by atoms with E-state index in [1.807, 2.05) is 6.07 Å². The van der Waals surface area contributed by atoms with Crippen molar-refractivity contribution in [3.05, 3.63) is 28.6 Å². The third-order valence-electron chi connectivity index (χ3n) is 4.05. The highest BCUT2D eigenvalue weighted by Gasteiger charge is 2.26. The van der Waals surface area contributed by atoms with Crippen molar-refractivity contribution in [3.8, 4) is 11.1 Å². The number of nitrogens with zero attached hydrogens (tertiary/aromatic N) is 3. The number of hydrogen-bond acceptors (Lipinski definition) is 6. The molecule has 1 saturated carbocycles. The smallest absolute Gasteiger partial charge is 0.223 e. The summed E-state index contributed by atoms with van der Waals surface area (Å²) < 4.78 is 0. The van der Waals surface area contributed by atoms with Gasteiger partial charge in [0, 0.05) is 24.4 Å². The minimum Gasteiger partial charge on any atom is -0.396 e. The SMILES string of the molecule is Nc1nc(Cl)c(-c2cccnc2Cl)c(N[C@H]2CC[C@@H](CO)C2)n1. The van der Waals surface area contributed by atoms with Crippen molar-refractivity contribution in [1.29, 1.82) is 0 Å². The summed E-state index contributed by atoms with van der Waals surface area (Å²) in [6.45, 7) is 0.201. The van der Waals surface area contributed by atoms with E-state index in [1.54, 1.807) is 12.3 Å². The lowest BCUT2D eigenvalue weighted by Crippen LogP contribution is -2.18. The molecule has 0 aromatic carbocycles. The molecular weight excluding hydrogens is 337 g/mol. The maximum atomic E-state index is 9.29. The Morgan fingerprint density at radius 2 is 2.09 bits per heavy atom. The Morgan fingerprint density at radius 3 is 2.78 bits per heavy atom.